The Hall–Kier alpha value is -1.83. The van der Waals surface area contributed by atoms with E-state index in [-0.39, 0.29) is 25.5 Å². The number of esters is 1. The first-order chi connectivity index (χ1) is 11.2. The third-order valence-corrected chi connectivity index (χ3v) is 3.79. The van der Waals surface area contributed by atoms with Crippen LogP contribution in [0, 0.1) is 0 Å². The van der Waals surface area contributed by atoms with E-state index in [4.69, 9.17) is 9.47 Å². The van der Waals surface area contributed by atoms with Crippen LogP contribution in [-0.4, -0.2) is 59.0 Å². The fourth-order valence-electron chi connectivity index (χ4n) is 2.14. The van der Waals surface area contributed by atoms with E-state index in [1.54, 1.807) is 27.0 Å². The second kappa shape index (κ2) is 8.86. The maximum absolute atomic E-state index is 12.2. The minimum atomic E-state index is -0.626. The molecule has 0 saturated heterocycles. The van der Waals surface area contributed by atoms with Crippen molar-refractivity contribution in [1.29, 1.82) is 0 Å². The molecule has 0 unspecified atom stereocenters. The van der Waals surface area contributed by atoms with E-state index in [9.17, 15) is 14.4 Å². The SMILES string of the molecule is C=CCOC(=O)N1CC(=O)N=C(SC)[C@@H]1CCC(=O)OC(C)(C)C. The number of aliphatic imine (C=N–C) groups is 1. The Labute approximate surface area is 146 Å². The summed E-state index contributed by atoms with van der Waals surface area (Å²) in [5.74, 6) is -0.775. The summed E-state index contributed by atoms with van der Waals surface area (Å²) in [5, 5.41) is 0.491. The van der Waals surface area contributed by atoms with Gasteiger partial charge in [-0.15, -0.1) is 11.8 Å². The lowest BCUT2D eigenvalue weighted by atomic mass is 10.1. The molecule has 1 atom stereocenters. The third kappa shape index (κ3) is 6.35. The third-order valence-electron chi connectivity index (χ3n) is 3.01. The van der Waals surface area contributed by atoms with Crippen LogP contribution in [0.1, 0.15) is 33.6 Å². The Morgan fingerprint density at radius 1 is 1.46 bits per heavy atom. The fourth-order valence-corrected chi connectivity index (χ4v) is 2.85. The van der Waals surface area contributed by atoms with Gasteiger partial charge in [0, 0.05) is 6.42 Å². The lowest BCUT2D eigenvalue weighted by molar-refractivity contribution is -0.155. The molecule has 7 nitrogen and oxygen atoms in total. The van der Waals surface area contributed by atoms with Crippen LogP contribution in [0.15, 0.2) is 17.6 Å². The minimum absolute atomic E-state index is 0.0497. The second-order valence-corrected chi connectivity index (χ2v) is 7.01. The Morgan fingerprint density at radius 3 is 2.67 bits per heavy atom. The normalized spacial score (nSPS) is 18.0. The van der Waals surface area contributed by atoms with E-state index in [2.05, 4.69) is 11.6 Å². The molecular weight excluding hydrogens is 332 g/mol. The Balaban J connectivity index is 2.84. The monoisotopic (exact) mass is 356 g/mol. The van der Waals surface area contributed by atoms with Crippen LogP contribution >= 0.6 is 11.8 Å². The topological polar surface area (TPSA) is 85.3 Å². The van der Waals surface area contributed by atoms with E-state index in [0.29, 0.717) is 11.5 Å². The Bertz CT molecular complexity index is 539. The van der Waals surface area contributed by atoms with Crippen molar-refractivity contribution in [2.24, 2.45) is 4.99 Å². The molecule has 1 aliphatic rings. The molecule has 1 heterocycles. The molecule has 0 bridgehead atoms. The molecule has 1 rings (SSSR count). The number of ether oxygens (including phenoxy) is 2. The average molecular weight is 356 g/mol. The van der Waals surface area contributed by atoms with Crippen molar-refractivity contribution in [2.75, 3.05) is 19.4 Å². The molecule has 0 aromatic rings. The van der Waals surface area contributed by atoms with E-state index in [0.717, 1.165) is 0 Å². The molecule has 2 amide bonds. The summed E-state index contributed by atoms with van der Waals surface area (Å²) in [6.45, 7) is 8.74. The molecule has 0 aromatic carbocycles. The molecule has 0 saturated carbocycles. The maximum Gasteiger partial charge on any atom is 0.411 e. The van der Waals surface area contributed by atoms with Crippen LogP contribution in [0.3, 0.4) is 0 Å². The smallest absolute Gasteiger partial charge is 0.411 e. The van der Waals surface area contributed by atoms with Crippen molar-refractivity contribution < 1.29 is 23.9 Å². The Morgan fingerprint density at radius 2 is 2.12 bits per heavy atom. The van der Waals surface area contributed by atoms with E-state index in [1.807, 2.05) is 0 Å². The van der Waals surface area contributed by atoms with Gasteiger partial charge >= 0.3 is 12.1 Å². The van der Waals surface area contributed by atoms with Crippen molar-refractivity contribution in [1.82, 2.24) is 4.90 Å². The van der Waals surface area contributed by atoms with Gasteiger partial charge < -0.3 is 9.47 Å². The van der Waals surface area contributed by atoms with Gasteiger partial charge in [0.1, 0.15) is 18.8 Å². The number of carbonyl (C=O) groups is 3. The Kier molecular flexibility index (Phi) is 7.47. The number of carbonyl (C=O) groups excluding carboxylic acids is 3. The number of hydrogen-bond acceptors (Lipinski definition) is 6. The molecule has 0 radical (unpaired) electrons. The van der Waals surface area contributed by atoms with Gasteiger partial charge in [0.15, 0.2) is 0 Å². The van der Waals surface area contributed by atoms with Crippen molar-refractivity contribution in [3.05, 3.63) is 12.7 Å². The van der Waals surface area contributed by atoms with Crippen LogP contribution in [0.25, 0.3) is 0 Å². The zero-order valence-electron chi connectivity index (χ0n) is 14.5. The van der Waals surface area contributed by atoms with Gasteiger partial charge in [0.05, 0.1) is 11.1 Å². The molecule has 1 aliphatic heterocycles. The van der Waals surface area contributed by atoms with Gasteiger partial charge in [-0.3, -0.25) is 14.5 Å². The van der Waals surface area contributed by atoms with Crippen molar-refractivity contribution in [3.8, 4) is 0 Å². The molecule has 0 aromatic heterocycles. The van der Waals surface area contributed by atoms with E-state index in [1.165, 1.54) is 22.7 Å². The fraction of sp³-hybridized carbons (Fsp3) is 0.625. The van der Waals surface area contributed by atoms with Gasteiger partial charge in [-0.25, -0.2) is 9.79 Å². The van der Waals surface area contributed by atoms with Gasteiger partial charge in [-0.05, 0) is 33.4 Å². The number of nitrogens with zero attached hydrogens (tertiary/aromatic N) is 2. The van der Waals surface area contributed by atoms with Crippen LogP contribution in [-0.2, 0) is 19.1 Å². The predicted octanol–water partition coefficient (Wildman–Crippen LogP) is 2.40. The highest BCUT2D eigenvalue weighted by Gasteiger charge is 2.35. The summed E-state index contributed by atoms with van der Waals surface area (Å²) in [6, 6.07) is -0.484. The lowest BCUT2D eigenvalue weighted by Crippen LogP contribution is -2.50. The molecule has 0 spiro atoms. The summed E-state index contributed by atoms with van der Waals surface area (Å²) in [5.41, 5.74) is -0.571. The second-order valence-electron chi connectivity index (χ2n) is 6.18. The van der Waals surface area contributed by atoms with Crippen LogP contribution < -0.4 is 0 Å². The summed E-state index contributed by atoms with van der Waals surface area (Å²) < 4.78 is 10.3. The van der Waals surface area contributed by atoms with Crippen LogP contribution in [0.4, 0.5) is 4.79 Å². The first-order valence-electron chi connectivity index (χ1n) is 7.59. The van der Waals surface area contributed by atoms with Crippen LogP contribution in [0.5, 0.6) is 0 Å². The number of thioether (sulfide) groups is 1. The highest BCUT2D eigenvalue weighted by Crippen LogP contribution is 2.22. The van der Waals surface area contributed by atoms with Crippen molar-refractivity contribution in [3.63, 3.8) is 0 Å². The quantitative estimate of drug-likeness (QED) is 0.555. The van der Waals surface area contributed by atoms with Gasteiger partial charge in [-0.1, -0.05) is 12.7 Å². The number of hydrogen-bond donors (Lipinski definition) is 0. The molecule has 134 valence electrons. The van der Waals surface area contributed by atoms with Gasteiger partial charge in [-0.2, -0.15) is 0 Å². The molecular formula is C16H24N2O5S. The summed E-state index contributed by atoms with van der Waals surface area (Å²) in [6.07, 6.45) is 3.01. The maximum atomic E-state index is 12.2. The molecule has 0 N–H and O–H groups in total. The predicted molar refractivity (Wildman–Crippen MR) is 93.1 cm³/mol. The van der Waals surface area contributed by atoms with Crippen molar-refractivity contribution >= 4 is 34.8 Å². The van der Waals surface area contributed by atoms with Crippen LogP contribution in [0.2, 0.25) is 0 Å². The van der Waals surface area contributed by atoms with Gasteiger partial charge in [0.25, 0.3) is 5.91 Å². The summed E-state index contributed by atoms with van der Waals surface area (Å²) in [4.78, 5) is 41.1. The first kappa shape index (κ1) is 20.2. The first-order valence-corrected chi connectivity index (χ1v) is 8.82. The zero-order valence-corrected chi connectivity index (χ0v) is 15.4. The number of amides is 2. The molecule has 24 heavy (non-hydrogen) atoms. The average Bonchev–Trinajstić information content (AvgIpc) is 2.48. The van der Waals surface area contributed by atoms with Crippen molar-refractivity contribution in [2.45, 2.75) is 45.3 Å². The summed E-state index contributed by atoms with van der Waals surface area (Å²) in [7, 11) is 0. The van der Waals surface area contributed by atoms with E-state index < -0.39 is 23.6 Å². The minimum Gasteiger partial charge on any atom is -0.460 e. The van der Waals surface area contributed by atoms with E-state index >= 15 is 0 Å². The van der Waals surface area contributed by atoms with Gasteiger partial charge in [0.2, 0.25) is 0 Å². The summed E-state index contributed by atoms with van der Waals surface area (Å²) >= 11 is 1.27. The standard InChI is InChI=1S/C16H24N2O5S/c1-6-9-22-15(21)18-10-12(19)17-14(24-5)11(18)7-8-13(20)23-16(2,3)4/h6,11H,1,7-10H2,2-5H3/t11-/m0/s1. The zero-order chi connectivity index (χ0) is 18.3. The lowest BCUT2D eigenvalue weighted by Gasteiger charge is -2.33. The molecule has 8 heteroatoms. The molecule has 0 aliphatic carbocycles. The number of rotatable bonds is 5. The molecule has 0 fully saturated rings. The highest BCUT2D eigenvalue weighted by atomic mass is 32.2. The highest BCUT2D eigenvalue weighted by molar-refractivity contribution is 8.13. The largest absolute Gasteiger partial charge is 0.460 e.